The zero-order chi connectivity index (χ0) is 14.5. The molecule has 0 aromatic heterocycles. The van der Waals surface area contributed by atoms with Crippen molar-refractivity contribution in [2.24, 2.45) is 5.84 Å². The van der Waals surface area contributed by atoms with Gasteiger partial charge in [-0.1, -0.05) is 42.5 Å². The second kappa shape index (κ2) is 6.61. The van der Waals surface area contributed by atoms with Gasteiger partial charge in [-0.05, 0) is 29.7 Å². The molecule has 0 saturated carbocycles. The van der Waals surface area contributed by atoms with Gasteiger partial charge in [0.2, 0.25) is 0 Å². The molecule has 2 atom stereocenters. The molecule has 0 fully saturated rings. The van der Waals surface area contributed by atoms with Crippen LogP contribution in [0.2, 0.25) is 0 Å². The van der Waals surface area contributed by atoms with E-state index in [-0.39, 0.29) is 18.0 Å². The van der Waals surface area contributed by atoms with Crippen LogP contribution in [0.15, 0.2) is 48.5 Å². The van der Waals surface area contributed by atoms with Gasteiger partial charge in [0.25, 0.3) is 0 Å². The van der Waals surface area contributed by atoms with Crippen LogP contribution >= 0.6 is 0 Å². The Kier molecular flexibility index (Phi) is 4.84. The third-order valence-electron chi connectivity index (χ3n) is 3.41. The molecule has 0 aliphatic rings. The van der Waals surface area contributed by atoms with Crippen molar-refractivity contribution >= 4 is 0 Å². The molecule has 0 saturated heterocycles. The van der Waals surface area contributed by atoms with Crippen molar-refractivity contribution in [3.63, 3.8) is 0 Å². The number of nitrogens with one attached hydrogen (secondary N) is 1. The third kappa shape index (κ3) is 3.04. The molecule has 0 aliphatic heterocycles. The van der Waals surface area contributed by atoms with Crippen molar-refractivity contribution < 1.29 is 9.13 Å². The van der Waals surface area contributed by atoms with Gasteiger partial charge in [-0.2, -0.15) is 0 Å². The molecule has 2 aromatic carbocycles. The summed E-state index contributed by atoms with van der Waals surface area (Å²) in [6, 6.07) is 14.5. The molecule has 4 heteroatoms. The molecule has 0 amide bonds. The Labute approximate surface area is 118 Å². The summed E-state index contributed by atoms with van der Waals surface area (Å²) in [5.74, 6) is 5.46. The summed E-state index contributed by atoms with van der Waals surface area (Å²) >= 11 is 0. The van der Waals surface area contributed by atoms with E-state index in [4.69, 9.17) is 10.6 Å². The average Bonchev–Trinajstić information content (AvgIpc) is 2.48. The topological polar surface area (TPSA) is 47.3 Å². The summed E-state index contributed by atoms with van der Waals surface area (Å²) in [6.07, 6.45) is -0.244. The molecule has 2 unspecified atom stereocenters. The fourth-order valence-corrected chi connectivity index (χ4v) is 2.33. The second-order valence-corrected chi connectivity index (χ2v) is 4.72. The summed E-state index contributed by atoms with van der Waals surface area (Å²) in [5, 5.41) is 0. The van der Waals surface area contributed by atoms with Crippen LogP contribution < -0.4 is 11.3 Å². The molecule has 0 radical (unpaired) electrons. The Balaban J connectivity index is 2.36. The molecule has 0 spiro atoms. The van der Waals surface area contributed by atoms with Gasteiger partial charge in [0.05, 0.1) is 6.04 Å². The molecule has 0 bridgehead atoms. The lowest BCUT2D eigenvalue weighted by Gasteiger charge is -2.26. The van der Waals surface area contributed by atoms with Crippen LogP contribution in [0, 0.1) is 12.7 Å². The first-order valence-corrected chi connectivity index (χ1v) is 6.47. The summed E-state index contributed by atoms with van der Waals surface area (Å²) < 4.78 is 19.0. The highest BCUT2D eigenvalue weighted by molar-refractivity contribution is 5.30. The minimum Gasteiger partial charge on any atom is -0.375 e. The summed E-state index contributed by atoms with van der Waals surface area (Å²) in [6.45, 7) is 1.73. The molecule has 20 heavy (non-hydrogen) atoms. The second-order valence-electron chi connectivity index (χ2n) is 4.72. The monoisotopic (exact) mass is 274 g/mol. The van der Waals surface area contributed by atoms with Crippen molar-refractivity contribution in [2.45, 2.75) is 19.1 Å². The number of hydrogen-bond acceptors (Lipinski definition) is 3. The Morgan fingerprint density at radius 3 is 2.35 bits per heavy atom. The van der Waals surface area contributed by atoms with Crippen LogP contribution in [0.5, 0.6) is 0 Å². The number of benzene rings is 2. The van der Waals surface area contributed by atoms with Crippen molar-refractivity contribution in [1.29, 1.82) is 0 Å². The largest absolute Gasteiger partial charge is 0.375 e. The molecule has 2 rings (SSSR count). The average molecular weight is 274 g/mol. The van der Waals surface area contributed by atoms with Gasteiger partial charge in [-0.25, -0.2) is 4.39 Å². The van der Waals surface area contributed by atoms with Gasteiger partial charge >= 0.3 is 0 Å². The van der Waals surface area contributed by atoms with E-state index >= 15 is 0 Å². The van der Waals surface area contributed by atoms with Gasteiger partial charge < -0.3 is 4.74 Å². The maximum Gasteiger partial charge on any atom is 0.126 e. The molecular formula is C16H19FN2O. The minimum absolute atomic E-state index is 0.224. The molecular weight excluding hydrogens is 255 g/mol. The Hall–Kier alpha value is -1.75. The molecule has 3 N–H and O–H groups in total. The maximum absolute atomic E-state index is 13.4. The zero-order valence-electron chi connectivity index (χ0n) is 11.6. The van der Waals surface area contributed by atoms with E-state index in [0.717, 1.165) is 11.1 Å². The normalized spacial score (nSPS) is 14.0. The number of nitrogens with two attached hydrogens (primary N) is 1. The van der Waals surface area contributed by atoms with Crippen molar-refractivity contribution in [3.05, 3.63) is 71.0 Å². The van der Waals surface area contributed by atoms with Gasteiger partial charge in [0.15, 0.2) is 0 Å². The summed E-state index contributed by atoms with van der Waals surface area (Å²) in [7, 11) is 1.64. The smallest absolute Gasteiger partial charge is 0.126 e. The lowest BCUT2D eigenvalue weighted by Crippen LogP contribution is -2.33. The van der Waals surface area contributed by atoms with Crippen LogP contribution in [0.3, 0.4) is 0 Å². The lowest BCUT2D eigenvalue weighted by atomic mass is 9.95. The van der Waals surface area contributed by atoms with Gasteiger partial charge in [0.1, 0.15) is 11.9 Å². The fourth-order valence-electron chi connectivity index (χ4n) is 2.33. The van der Waals surface area contributed by atoms with Crippen molar-refractivity contribution in [1.82, 2.24) is 5.43 Å². The van der Waals surface area contributed by atoms with E-state index in [9.17, 15) is 4.39 Å². The van der Waals surface area contributed by atoms with Crippen LogP contribution in [-0.4, -0.2) is 7.11 Å². The van der Waals surface area contributed by atoms with Crippen LogP contribution in [0.1, 0.15) is 28.8 Å². The zero-order valence-corrected chi connectivity index (χ0v) is 11.6. The highest BCUT2D eigenvalue weighted by Crippen LogP contribution is 2.31. The first-order valence-electron chi connectivity index (χ1n) is 6.47. The molecule has 106 valence electrons. The minimum atomic E-state index is -0.248. The predicted octanol–water partition coefficient (Wildman–Crippen LogP) is 3.03. The van der Waals surface area contributed by atoms with Crippen LogP contribution in [0.25, 0.3) is 0 Å². The van der Waals surface area contributed by atoms with Gasteiger partial charge in [0, 0.05) is 7.11 Å². The molecule has 0 heterocycles. The number of halogens is 1. The summed E-state index contributed by atoms with van der Waals surface area (Å²) in [4.78, 5) is 0. The van der Waals surface area contributed by atoms with Gasteiger partial charge in [-0.15, -0.1) is 0 Å². The number of rotatable bonds is 5. The van der Waals surface area contributed by atoms with Crippen molar-refractivity contribution in [2.75, 3.05) is 7.11 Å². The van der Waals surface area contributed by atoms with Crippen LogP contribution in [-0.2, 0) is 4.74 Å². The first-order chi connectivity index (χ1) is 9.67. The third-order valence-corrected chi connectivity index (χ3v) is 3.41. The molecule has 2 aromatic rings. The lowest BCUT2D eigenvalue weighted by molar-refractivity contribution is 0.0676. The van der Waals surface area contributed by atoms with Gasteiger partial charge in [-0.3, -0.25) is 11.3 Å². The number of hydrogen-bond donors (Lipinski definition) is 2. The number of aryl methyl sites for hydroxylation is 1. The van der Waals surface area contributed by atoms with E-state index in [1.165, 1.54) is 6.07 Å². The Morgan fingerprint density at radius 2 is 1.80 bits per heavy atom. The standard InChI is InChI=1S/C16H19FN2O/c1-11-10-13(8-9-14(11)17)15(19-18)16(20-2)12-6-4-3-5-7-12/h3-10,15-16,19H,18H2,1-2H3. The maximum atomic E-state index is 13.4. The number of methoxy groups -OCH3 is 1. The molecule has 0 aliphatic carbocycles. The van der Waals surface area contributed by atoms with E-state index in [1.807, 2.05) is 30.3 Å². The van der Waals surface area contributed by atoms with Crippen molar-refractivity contribution in [3.8, 4) is 0 Å². The Bertz CT molecular complexity index is 560. The van der Waals surface area contributed by atoms with E-state index in [1.54, 1.807) is 26.2 Å². The Morgan fingerprint density at radius 1 is 1.10 bits per heavy atom. The first kappa shape index (κ1) is 14.7. The van der Waals surface area contributed by atoms with Crippen LogP contribution in [0.4, 0.5) is 4.39 Å². The van der Waals surface area contributed by atoms with E-state index < -0.39 is 0 Å². The van der Waals surface area contributed by atoms with E-state index in [2.05, 4.69) is 5.43 Å². The quantitative estimate of drug-likeness (QED) is 0.651. The molecule has 3 nitrogen and oxygen atoms in total. The number of ether oxygens (including phenoxy) is 1. The summed E-state index contributed by atoms with van der Waals surface area (Å²) in [5.41, 5.74) is 5.26. The predicted molar refractivity (Wildman–Crippen MR) is 77.4 cm³/mol. The highest BCUT2D eigenvalue weighted by Gasteiger charge is 2.24. The van der Waals surface area contributed by atoms with E-state index in [0.29, 0.717) is 5.56 Å². The number of hydrazine groups is 1. The highest BCUT2D eigenvalue weighted by atomic mass is 19.1. The SMILES string of the molecule is COC(c1ccccc1)C(NN)c1ccc(F)c(C)c1. The fraction of sp³-hybridized carbons (Fsp3) is 0.250.